The maximum absolute atomic E-state index is 12.2. The smallest absolute Gasteiger partial charge is 0.303 e. The number of hydrogen-bond acceptors (Lipinski definition) is 1. The molecule has 0 N–H and O–H groups in total. The zero-order valence-electron chi connectivity index (χ0n) is 7.53. The fraction of sp³-hybridized carbons (Fsp3) is 0.889. The average Bonchev–Trinajstić information content (AvgIpc) is 2.30. The Morgan fingerprint density at radius 2 is 2.15 bits per heavy atom. The number of halogens is 3. The number of aldehydes is 1. The molecule has 4 heteroatoms. The first-order chi connectivity index (χ1) is 5.90. The van der Waals surface area contributed by atoms with E-state index in [1.807, 2.05) is 0 Å². The Balaban J connectivity index is 2.76. The molecule has 1 aliphatic carbocycles. The van der Waals surface area contributed by atoms with Crippen molar-refractivity contribution >= 4 is 6.29 Å². The van der Waals surface area contributed by atoms with Crippen molar-refractivity contribution in [1.29, 1.82) is 0 Å². The van der Waals surface area contributed by atoms with Gasteiger partial charge in [0.15, 0.2) is 0 Å². The number of alkyl halides is 3. The Labute approximate surface area is 75.3 Å². The van der Waals surface area contributed by atoms with E-state index in [9.17, 15) is 18.0 Å². The van der Waals surface area contributed by atoms with E-state index in [-0.39, 0.29) is 5.92 Å². The highest BCUT2D eigenvalue weighted by atomic mass is 19.4. The summed E-state index contributed by atoms with van der Waals surface area (Å²) in [6.45, 7) is 1.73. The number of carbonyl (C=O) groups excluding carboxylic acids is 1. The third-order valence-corrected chi connectivity index (χ3v) is 3.03. The number of rotatable bonds is 2. The summed E-state index contributed by atoms with van der Waals surface area (Å²) < 4.78 is 36.5. The molecule has 0 bridgehead atoms. The van der Waals surface area contributed by atoms with Gasteiger partial charge in [-0.05, 0) is 18.8 Å². The van der Waals surface area contributed by atoms with E-state index in [0.717, 1.165) is 12.8 Å². The monoisotopic (exact) mass is 194 g/mol. The van der Waals surface area contributed by atoms with Crippen molar-refractivity contribution in [1.82, 2.24) is 0 Å². The summed E-state index contributed by atoms with van der Waals surface area (Å²) >= 11 is 0. The van der Waals surface area contributed by atoms with Crippen LogP contribution in [0.5, 0.6) is 0 Å². The molecule has 0 aromatic rings. The van der Waals surface area contributed by atoms with Crippen LogP contribution in [-0.2, 0) is 4.79 Å². The Morgan fingerprint density at radius 1 is 1.54 bits per heavy atom. The highest BCUT2D eigenvalue weighted by Gasteiger charge is 2.48. The molecule has 0 aliphatic heterocycles. The van der Waals surface area contributed by atoms with Gasteiger partial charge in [0.2, 0.25) is 0 Å². The number of hydrogen-bond donors (Lipinski definition) is 0. The van der Waals surface area contributed by atoms with Crippen LogP contribution >= 0.6 is 0 Å². The molecule has 1 rings (SSSR count). The van der Waals surface area contributed by atoms with Gasteiger partial charge in [0.1, 0.15) is 6.29 Å². The Hall–Kier alpha value is -0.540. The van der Waals surface area contributed by atoms with Crippen LogP contribution in [0.25, 0.3) is 0 Å². The first-order valence-corrected chi connectivity index (χ1v) is 4.43. The molecule has 0 spiro atoms. The SMILES string of the molecule is CC1CCCC1(C=O)CC(F)(F)F. The van der Waals surface area contributed by atoms with Gasteiger partial charge in [0.25, 0.3) is 0 Å². The molecule has 1 nitrogen and oxygen atoms in total. The van der Waals surface area contributed by atoms with E-state index < -0.39 is 18.0 Å². The van der Waals surface area contributed by atoms with Crippen LogP contribution in [0.3, 0.4) is 0 Å². The van der Waals surface area contributed by atoms with E-state index in [2.05, 4.69) is 0 Å². The maximum Gasteiger partial charge on any atom is 0.390 e. The van der Waals surface area contributed by atoms with Crippen molar-refractivity contribution < 1.29 is 18.0 Å². The van der Waals surface area contributed by atoms with E-state index in [0.29, 0.717) is 12.7 Å². The summed E-state index contributed by atoms with van der Waals surface area (Å²) in [6, 6.07) is 0. The van der Waals surface area contributed by atoms with Gasteiger partial charge in [-0.2, -0.15) is 13.2 Å². The lowest BCUT2D eigenvalue weighted by Gasteiger charge is -2.28. The first kappa shape index (κ1) is 10.5. The molecule has 0 amide bonds. The summed E-state index contributed by atoms with van der Waals surface area (Å²) in [6.07, 6.45) is -2.82. The van der Waals surface area contributed by atoms with E-state index in [4.69, 9.17) is 0 Å². The van der Waals surface area contributed by atoms with Crippen LogP contribution in [0.2, 0.25) is 0 Å². The Morgan fingerprint density at radius 3 is 2.46 bits per heavy atom. The minimum absolute atomic E-state index is 0.133. The third-order valence-electron chi connectivity index (χ3n) is 3.03. The molecule has 0 saturated heterocycles. The topological polar surface area (TPSA) is 17.1 Å². The molecule has 1 aliphatic rings. The maximum atomic E-state index is 12.2. The highest BCUT2D eigenvalue weighted by Crippen LogP contribution is 2.48. The van der Waals surface area contributed by atoms with Crippen LogP contribution in [-0.4, -0.2) is 12.5 Å². The van der Waals surface area contributed by atoms with Crippen LogP contribution in [0, 0.1) is 11.3 Å². The zero-order valence-corrected chi connectivity index (χ0v) is 7.53. The third kappa shape index (κ3) is 2.23. The second kappa shape index (κ2) is 3.31. The van der Waals surface area contributed by atoms with Gasteiger partial charge in [-0.25, -0.2) is 0 Å². The van der Waals surface area contributed by atoms with Gasteiger partial charge in [-0.1, -0.05) is 13.3 Å². The van der Waals surface area contributed by atoms with Crippen molar-refractivity contribution in [2.75, 3.05) is 0 Å². The quantitative estimate of drug-likeness (QED) is 0.617. The highest BCUT2D eigenvalue weighted by molar-refractivity contribution is 5.60. The van der Waals surface area contributed by atoms with Gasteiger partial charge >= 0.3 is 6.18 Å². The lowest BCUT2D eigenvalue weighted by atomic mass is 9.77. The molecule has 0 aromatic heterocycles. The van der Waals surface area contributed by atoms with Crippen molar-refractivity contribution in [3.05, 3.63) is 0 Å². The molecule has 0 heterocycles. The molecular weight excluding hydrogens is 181 g/mol. The molecule has 76 valence electrons. The average molecular weight is 194 g/mol. The van der Waals surface area contributed by atoms with Crippen LogP contribution < -0.4 is 0 Å². The summed E-state index contributed by atoms with van der Waals surface area (Å²) in [5.41, 5.74) is -1.13. The standard InChI is InChI=1S/C9H13F3O/c1-7-3-2-4-8(7,6-13)5-9(10,11)12/h6-7H,2-5H2,1H3. The Kier molecular flexibility index (Phi) is 2.68. The van der Waals surface area contributed by atoms with Crippen molar-refractivity contribution in [2.24, 2.45) is 11.3 Å². The molecular formula is C9H13F3O. The minimum Gasteiger partial charge on any atom is -0.303 e. The van der Waals surface area contributed by atoms with Crippen LogP contribution in [0.4, 0.5) is 13.2 Å². The Bertz CT molecular complexity index is 200. The van der Waals surface area contributed by atoms with Gasteiger partial charge in [-0.15, -0.1) is 0 Å². The zero-order chi connectivity index (χ0) is 10.1. The minimum atomic E-state index is -4.22. The van der Waals surface area contributed by atoms with E-state index in [1.54, 1.807) is 6.92 Å². The van der Waals surface area contributed by atoms with Crippen molar-refractivity contribution in [3.63, 3.8) is 0 Å². The molecule has 0 aromatic carbocycles. The molecule has 13 heavy (non-hydrogen) atoms. The van der Waals surface area contributed by atoms with Gasteiger partial charge < -0.3 is 4.79 Å². The van der Waals surface area contributed by atoms with Crippen molar-refractivity contribution in [3.8, 4) is 0 Å². The predicted octanol–water partition coefficient (Wildman–Crippen LogP) is 2.94. The second-order valence-corrected chi connectivity index (χ2v) is 3.94. The lowest BCUT2D eigenvalue weighted by molar-refractivity contribution is -0.165. The van der Waals surface area contributed by atoms with Crippen molar-refractivity contribution in [2.45, 2.75) is 38.8 Å². The normalized spacial score (nSPS) is 34.9. The molecule has 1 fully saturated rings. The summed E-state index contributed by atoms with van der Waals surface area (Å²) in [5.74, 6) is -0.133. The number of carbonyl (C=O) groups is 1. The largest absolute Gasteiger partial charge is 0.390 e. The fourth-order valence-electron chi connectivity index (χ4n) is 2.12. The van der Waals surface area contributed by atoms with E-state index in [1.165, 1.54) is 0 Å². The van der Waals surface area contributed by atoms with Gasteiger partial charge in [-0.3, -0.25) is 0 Å². The van der Waals surface area contributed by atoms with E-state index >= 15 is 0 Å². The second-order valence-electron chi connectivity index (χ2n) is 3.94. The first-order valence-electron chi connectivity index (χ1n) is 4.43. The van der Waals surface area contributed by atoms with Crippen LogP contribution in [0.1, 0.15) is 32.6 Å². The summed E-state index contributed by atoms with van der Waals surface area (Å²) in [5, 5.41) is 0. The summed E-state index contributed by atoms with van der Waals surface area (Å²) in [4.78, 5) is 10.7. The molecule has 1 saturated carbocycles. The summed E-state index contributed by atoms with van der Waals surface area (Å²) in [7, 11) is 0. The van der Waals surface area contributed by atoms with Gasteiger partial charge in [0.05, 0.1) is 6.42 Å². The predicted molar refractivity (Wildman–Crippen MR) is 42.2 cm³/mol. The molecule has 2 unspecified atom stereocenters. The fourth-order valence-corrected chi connectivity index (χ4v) is 2.12. The molecule has 0 radical (unpaired) electrons. The molecule has 2 atom stereocenters. The van der Waals surface area contributed by atoms with Crippen LogP contribution in [0.15, 0.2) is 0 Å². The van der Waals surface area contributed by atoms with Gasteiger partial charge in [0, 0.05) is 5.41 Å². The lowest BCUT2D eigenvalue weighted by Crippen LogP contribution is -2.31.